The molecule has 1 aromatic carbocycles. The molecule has 1 fully saturated rings. The maximum absolute atomic E-state index is 12.3. The lowest BCUT2D eigenvalue weighted by Crippen LogP contribution is -2.30. The number of benzene rings is 1. The Bertz CT molecular complexity index is 610. The van der Waals surface area contributed by atoms with Gasteiger partial charge in [0, 0.05) is 6.04 Å². The second-order valence-electron chi connectivity index (χ2n) is 6.18. The quantitative estimate of drug-likeness (QED) is 0.843. The molecule has 19 heavy (non-hydrogen) atoms. The minimum atomic E-state index is -3.57. The minimum absolute atomic E-state index is 0.0575. The lowest BCUT2D eigenvalue weighted by Gasteiger charge is -2.09. The molecule has 0 unspecified atom stereocenters. The van der Waals surface area contributed by atoms with Gasteiger partial charge in [-0.25, -0.2) is 13.1 Å². The van der Waals surface area contributed by atoms with Gasteiger partial charge in [0.1, 0.15) is 0 Å². The molecule has 0 amide bonds. The van der Waals surface area contributed by atoms with Crippen LogP contribution in [0.15, 0.2) is 23.1 Å². The number of sulfonamides is 1. The summed E-state index contributed by atoms with van der Waals surface area (Å²) in [4.78, 5) is 0.146. The van der Waals surface area contributed by atoms with Gasteiger partial charge in [0.15, 0.2) is 0 Å². The summed E-state index contributed by atoms with van der Waals surface area (Å²) in [5.74, 6) is 0. The van der Waals surface area contributed by atoms with Crippen LogP contribution in [-0.4, -0.2) is 14.5 Å². The fourth-order valence-electron chi connectivity index (χ4n) is 2.40. The van der Waals surface area contributed by atoms with Gasteiger partial charge in [-0.05, 0) is 29.0 Å². The highest BCUT2D eigenvalue weighted by atomic mass is 35.5. The Morgan fingerprint density at radius 3 is 2.16 bits per heavy atom. The lowest BCUT2D eigenvalue weighted by molar-refractivity contribution is 0.457. The predicted octanol–water partition coefficient (Wildman–Crippen LogP) is 2.64. The molecule has 0 atom stereocenters. The van der Waals surface area contributed by atoms with Gasteiger partial charge in [0.2, 0.25) is 10.0 Å². The summed E-state index contributed by atoms with van der Waals surface area (Å²) in [6.07, 6.45) is 0. The van der Waals surface area contributed by atoms with Crippen LogP contribution in [0.3, 0.4) is 0 Å². The van der Waals surface area contributed by atoms with E-state index >= 15 is 0 Å². The lowest BCUT2D eigenvalue weighted by atomic mass is 10.0. The molecule has 1 aliphatic carbocycles. The number of anilines is 1. The molecule has 2 rings (SSSR count). The van der Waals surface area contributed by atoms with Gasteiger partial charge < -0.3 is 5.73 Å². The van der Waals surface area contributed by atoms with Crippen LogP contribution in [0.25, 0.3) is 0 Å². The van der Waals surface area contributed by atoms with Gasteiger partial charge in [-0.1, -0.05) is 39.3 Å². The predicted molar refractivity (Wildman–Crippen MR) is 77.5 cm³/mol. The highest BCUT2D eigenvalue weighted by Crippen LogP contribution is 2.62. The topological polar surface area (TPSA) is 72.2 Å². The van der Waals surface area contributed by atoms with Crippen LogP contribution in [0.2, 0.25) is 5.02 Å². The average molecular weight is 303 g/mol. The highest BCUT2D eigenvalue weighted by molar-refractivity contribution is 7.89. The van der Waals surface area contributed by atoms with Crippen LogP contribution in [0.4, 0.5) is 5.69 Å². The van der Waals surface area contributed by atoms with E-state index in [1.807, 2.05) is 0 Å². The van der Waals surface area contributed by atoms with E-state index in [9.17, 15) is 8.42 Å². The zero-order chi connectivity index (χ0) is 14.6. The highest BCUT2D eigenvalue weighted by Gasteiger charge is 2.66. The molecule has 0 aromatic heterocycles. The first-order chi connectivity index (χ1) is 8.50. The second kappa shape index (κ2) is 4.11. The van der Waals surface area contributed by atoms with Crippen molar-refractivity contribution in [3.05, 3.63) is 23.2 Å². The Labute approximate surface area is 119 Å². The van der Waals surface area contributed by atoms with Crippen LogP contribution in [-0.2, 0) is 10.0 Å². The normalized spacial score (nSPS) is 21.3. The number of nitrogen functional groups attached to an aromatic ring is 1. The van der Waals surface area contributed by atoms with Gasteiger partial charge in [0.05, 0.1) is 15.6 Å². The van der Waals surface area contributed by atoms with Crippen molar-refractivity contribution in [2.24, 2.45) is 10.8 Å². The molecule has 0 saturated heterocycles. The van der Waals surface area contributed by atoms with E-state index in [2.05, 4.69) is 32.4 Å². The summed E-state index contributed by atoms with van der Waals surface area (Å²) < 4.78 is 27.4. The monoisotopic (exact) mass is 302 g/mol. The molecular formula is C13H19ClN2O2S. The Kier molecular flexibility index (Phi) is 3.16. The Balaban J connectivity index is 2.28. The van der Waals surface area contributed by atoms with Gasteiger partial charge in [-0.2, -0.15) is 0 Å². The zero-order valence-electron chi connectivity index (χ0n) is 11.5. The Morgan fingerprint density at radius 2 is 1.74 bits per heavy atom. The summed E-state index contributed by atoms with van der Waals surface area (Å²) in [5.41, 5.74) is 5.79. The number of nitrogens with one attached hydrogen (secondary N) is 1. The third-order valence-electron chi connectivity index (χ3n) is 4.57. The minimum Gasteiger partial charge on any atom is -0.397 e. The summed E-state index contributed by atoms with van der Waals surface area (Å²) in [6, 6.07) is 4.26. The third kappa shape index (κ3) is 2.24. The molecule has 0 heterocycles. The molecule has 0 bridgehead atoms. The number of halogens is 1. The van der Waals surface area contributed by atoms with E-state index in [1.165, 1.54) is 18.2 Å². The molecule has 1 aromatic rings. The first kappa shape index (κ1) is 14.6. The molecule has 1 saturated carbocycles. The Hall–Kier alpha value is -0.780. The maximum atomic E-state index is 12.3. The number of rotatable bonds is 3. The molecule has 1 aliphatic rings. The summed E-state index contributed by atoms with van der Waals surface area (Å²) in [7, 11) is -3.57. The number of hydrogen-bond acceptors (Lipinski definition) is 3. The van der Waals surface area contributed by atoms with Crippen molar-refractivity contribution in [1.29, 1.82) is 0 Å². The SMILES string of the molecule is CC1(C)C(NS(=O)(=O)c2ccc(Cl)c(N)c2)C1(C)C. The van der Waals surface area contributed by atoms with Crippen LogP contribution in [0.1, 0.15) is 27.7 Å². The standard InChI is InChI=1S/C13H19ClN2O2S/c1-12(2)11(13(12,3)4)16-19(17,18)8-5-6-9(14)10(15)7-8/h5-7,11,16H,15H2,1-4H3. The van der Waals surface area contributed by atoms with Gasteiger partial charge >= 0.3 is 0 Å². The molecule has 3 N–H and O–H groups in total. The van der Waals surface area contributed by atoms with Crippen molar-refractivity contribution in [2.75, 3.05) is 5.73 Å². The number of nitrogens with two attached hydrogens (primary N) is 1. The van der Waals surface area contributed by atoms with E-state index in [1.54, 1.807) is 0 Å². The van der Waals surface area contributed by atoms with Crippen molar-refractivity contribution in [3.63, 3.8) is 0 Å². The molecule has 6 heteroatoms. The van der Waals surface area contributed by atoms with E-state index < -0.39 is 10.0 Å². The molecular weight excluding hydrogens is 284 g/mol. The van der Waals surface area contributed by atoms with Gasteiger partial charge in [-0.3, -0.25) is 0 Å². The first-order valence-corrected chi connectivity index (χ1v) is 7.93. The Morgan fingerprint density at radius 1 is 1.21 bits per heavy atom. The summed E-state index contributed by atoms with van der Waals surface area (Å²) in [6.45, 7) is 8.21. The molecule has 4 nitrogen and oxygen atoms in total. The molecule has 0 aliphatic heterocycles. The largest absolute Gasteiger partial charge is 0.397 e. The zero-order valence-corrected chi connectivity index (χ0v) is 13.1. The molecule has 106 valence electrons. The van der Waals surface area contributed by atoms with Crippen LogP contribution < -0.4 is 10.5 Å². The van der Waals surface area contributed by atoms with Crippen LogP contribution in [0, 0.1) is 10.8 Å². The average Bonchev–Trinajstić information content (AvgIpc) is 2.64. The molecule has 0 radical (unpaired) electrons. The van der Waals surface area contributed by atoms with E-state index in [0.29, 0.717) is 5.02 Å². The maximum Gasteiger partial charge on any atom is 0.240 e. The van der Waals surface area contributed by atoms with Crippen molar-refractivity contribution >= 4 is 27.3 Å². The first-order valence-electron chi connectivity index (χ1n) is 6.07. The van der Waals surface area contributed by atoms with E-state index in [4.69, 9.17) is 17.3 Å². The van der Waals surface area contributed by atoms with Crippen LogP contribution >= 0.6 is 11.6 Å². The van der Waals surface area contributed by atoms with Gasteiger partial charge in [0.25, 0.3) is 0 Å². The smallest absolute Gasteiger partial charge is 0.240 e. The second-order valence-corrected chi connectivity index (χ2v) is 8.30. The van der Waals surface area contributed by atoms with Gasteiger partial charge in [-0.15, -0.1) is 0 Å². The summed E-state index contributed by atoms with van der Waals surface area (Å²) >= 11 is 5.80. The fourth-order valence-corrected chi connectivity index (χ4v) is 4.09. The van der Waals surface area contributed by atoms with Crippen molar-refractivity contribution in [2.45, 2.75) is 38.6 Å². The van der Waals surface area contributed by atoms with Crippen LogP contribution in [0.5, 0.6) is 0 Å². The third-order valence-corrected chi connectivity index (χ3v) is 6.34. The van der Waals surface area contributed by atoms with E-state index in [0.717, 1.165) is 0 Å². The van der Waals surface area contributed by atoms with Crippen molar-refractivity contribution in [3.8, 4) is 0 Å². The molecule has 0 spiro atoms. The fraction of sp³-hybridized carbons (Fsp3) is 0.538. The van der Waals surface area contributed by atoms with E-state index in [-0.39, 0.29) is 27.5 Å². The van der Waals surface area contributed by atoms with Crippen molar-refractivity contribution < 1.29 is 8.42 Å². The van der Waals surface area contributed by atoms with Crippen molar-refractivity contribution in [1.82, 2.24) is 4.72 Å². The summed E-state index contributed by atoms with van der Waals surface area (Å²) in [5, 5.41) is 0.353. The number of hydrogen-bond donors (Lipinski definition) is 2.